The highest BCUT2D eigenvalue weighted by atomic mass is 35.5. The van der Waals surface area contributed by atoms with Gasteiger partial charge in [-0.15, -0.1) is 0 Å². The first kappa shape index (κ1) is 11.1. The highest BCUT2D eigenvalue weighted by Crippen LogP contribution is 2.21. The first-order chi connectivity index (χ1) is 7.59. The van der Waals surface area contributed by atoms with Gasteiger partial charge in [-0.1, -0.05) is 29.8 Å². The zero-order valence-electron chi connectivity index (χ0n) is 9.27. The molecule has 3 nitrogen and oxygen atoms in total. The number of carbonyl (C=O) groups is 1. The number of nitrogens with zero attached hydrogens (tertiary/aromatic N) is 2. The Bertz CT molecular complexity index is 456. The normalized spacial score (nSPS) is 20.2. The maximum Gasteiger partial charge on any atom is 0.251 e. The highest BCUT2D eigenvalue weighted by molar-refractivity contribution is 6.31. The molecule has 1 unspecified atom stereocenters. The lowest BCUT2D eigenvalue weighted by Crippen LogP contribution is -2.25. The fourth-order valence-corrected chi connectivity index (χ4v) is 1.83. The van der Waals surface area contributed by atoms with Gasteiger partial charge in [-0.2, -0.15) is 5.10 Å². The Kier molecular flexibility index (Phi) is 2.97. The molecule has 1 amide bonds. The van der Waals surface area contributed by atoms with Crippen molar-refractivity contribution in [2.24, 2.45) is 11.0 Å². The summed E-state index contributed by atoms with van der Waals surface area (Å²) in [6.45, 7) is 4.18. The average molecular weight is 237 g/mol. The Hall–Kier alpha value is -1.35. The fraction of sp³-hybridized carbons (Fsp3) is 0.333. The number of hydrogen-bond acceptors (Lipinski definition) is 2. The number of amides is 1. The molecule has 2 rings (SSSR count). The van der Waals surface area contributed by atoms with Crippen molar-refractivity contribution in [3.8, 4) is 0 Å². The lowest BCUT2D eigenvalue weighted by atomic mass is 10.1. The summed E-state index contributed by atoms with van der Waals surface area (Å²) in [4.78, 5) is 11.8. The third kappa shape index (κ3) is 1.95. The van der Waals surface area contributed by atoms with Crippen LogP contribution in [0.4, 0.5) is 0 Å². The van der Waals surface area contributed by atoms with Crippen LogP contribution in [0.1, 0.15) is 19.4 Å². The number of hydrazone groups is 1. The van der Waals surface area contributed by atoms with Crippen LogP contribution in [0, 0.1) is 5.92 Å². The summed E-state index contributed by atoms with van der Waals surface area (Å²) in [5.74, 6) is -0.0695. The summed E-state index contributed by atoms with van der Waals surface area (Å²) < 4.78 is 0. The molecule has 0 spiro atoms. The summed E-state index contributed by atoms with van der Waals surface area (Å²) in [7, 11) is 0. The molecular weight excluding hydrogens is 224 g/mol. The predicted molar refractivity (Wildman–Crippen MR) is 64.3 cm³/mol. The number of hydrogen-bond donors (Lipinski definition) is 0. The van der Waals surface area contributed by atoms with Crippen molar-refractivity contribution in [2.75, 3.05) is 0 Å². The van der Waals surface area contributed by atoms with Crippen LogP contribution in [0.25, 0.3) is 0 Å². The van der Waals surface area contributed by atoms with Crippen LogP contribution in [0.3, 0.4) is 0 Å². The Morgan fingerprint density at radius 2 is 2.12 bits per heavy atom. The molecule has 0 saturated carbocycles. The van der Waals surface area contributed by atoms with Gasteiger partial charge in [0.2, 0.25) is 0 Å². The van der Waals surface area contributed by atoms with Crippen molar-refractivity contribution in [3.63, 3.8) is 0 Å². The number of rotatable bonds is 2. The van der Waals surface area contributed by atoms with E-state index in [2.05, 4.69) is 5.10 Å². The summed E-state index contributed by atoms with van der Waals surface area (Å²) in [6, 6.07) is 7.50. The third-order valence-corrected chi connectivity index (χ3v) is 3.18. The summed E-state index contributed by atoms with van der Waals surface area (Å²) in [5, 5.41) is 6.39. The van der Waals surface area contributed by atoms with Crippen molar-refractivity contribution >= 4 is 23.2 Å². The molecule has 1 aliphatic heterocycles. The van der Waals surface area contributed by atoms with E-state index < -0.39 is 0 Å². The van der Waals surface area contributed by atoms with Gasteiger partial charge in [0.15, 0.2) is 0 Å². The number of carbonyl (C=O) groups excluding carboxylic acids is 1. The Morgan fingerprint density at radius 3 is 2.69 bits per heavy atom. The van der Waals surface area contributed by atoms with Crippen LogP contribution in [-0.4, -0.2) is 16.6 Å². The largest absolute Gasteiger partial charge is 0.272 e. The SMILES string of the molecule is CC1=NN(Cc2ccccc2Cl)C(=O)C1C. The van der Waals surface area contributed by atoms with Crippen molar-refractivity contribution in [1.82, 2.24) is 5.01 Å². The second kappa shape index (κ2) is 4.26. The molecule has 0 aliphatic carbocycles. The third-order valence-electron chi connectivity index (χ3n) is 2.81. The van der Waals surface area contributed by atoms with Crippen molar-refractivity contribution in [2.45, 2.75) is 20.4 Å². The topological polar surface area (TPSA) is 32.7 Å². The fourth-order valence-electron chi connectivity index (χ4n) is 1.63. The van der Waals surface area contributed by atoms with Gasteiger partial charge in [-0.3, -0.25) is 4.79 Å². The molecule has 1 aliphatic rings. The second-order valence-electron chi connectivity index (χ2n) is 3.95. The molecule has 1 atom stereocenters. The molecule has 1 aromatic rings. The summed E-state index contributed by atoms with van der Waals surface area (Å²) >= 11 is 6.04. The van der Waals surface area contributed by atoms with Crippen LogP contribution >= 0.6 is 11.6 Å². The van der Waals surface area contributed by atoms with E-state index in [-0.39, 0.29) is 11.8 Å². The average Bonchev–Trinajstić information content (AvgIpc) is 2.50. The van der Waals surface area contributed by atoms with Gasteiger partial charge < -0.3 is 0 Å². The van der Waals surface area contributed by atoms with E-state index >= 15 is 0 Å². The first-order valence-corrected chi connectivity index (χ1v) is 5.57. The second-order valence-corrected chi connectivity index (χ2v) is 4.36. The van der Waals surface area contributed by atoms with Crippen LogP contribution in [-0.2, 0) is 11.3 Å². The molecule has 0 bridgehead atoms. The molecule has 0 fully saturated rings. The molecule has 0 radical (unpaired) electrons. The van der Waals surface area contributed by atoms with E-state index in [1.54, 1.807) is 0 Å². The molecular formula is C12H13ClN2O. The molecule has 16 heavy (non-hydrogen) atoms. The van der Waals surface area contributed by atoms with E-state index in [1.165, 1.54) is 5.01 Å². The minimum atomic E-state index is -0.109. The van der Waals surface area contributed by atoms with E-state index in [0.29, 0.717) is 11.6 Å². The van der Waals surface area contributed by atoms with Crippen LogP contribution in [0.2, 0.25) is 5.02 Å². The lowest BCUT2D eigenvalue weighted by Gasteiger charge is -2.13. The van der Waals surface area contributed by atoms with Gasteiger partial charge in [-0.25, -0.2) is 5.01 Å². The highest BCUT2D eigenvalue weighted by Gasteiger charge is 2.29. The van der Waals surface area contributed by atoms with E-state index in [4.69, 9.17) is 11.6 Å². The minimum absolute atomic E-state index is 0.0393. The predicted octanol–water partition coefficient (Wildman–Crippen LogP) is 2.69. The molecule has 1 heterocycles. The molecule has 0 saturated heterocycles. The van der Waals surface area contributed by atoms with Crippen LogP contribution < -0.4 is 0 Å². The zero-order valence-corrected chi connectivity index (χ0v) is 10.0. The Balaban J connectivity index is 2.18. The number of benzene rings is 1. The maximum atomic E-state index is 11.8. The van der Waals surface area contributed by atoms with Gasteiger partial charge in [0, 0.05) is 10.7 Å². The minimum Gasteiger partial charge on any atom is -0.272 e. The van der Waals surface area contributed by atoms with Gasteiger partial charge in [0.25, 0.3) is 5.91 Å². The van der Waals surface area contributed by atoms with E-state index in [1.807, 2.05) is 38.1 Å². The van der Waals surface area contributed by atoms with Gasteiger partial charge in [-0.05, 0) is 25.5 Å². The Morgan fingerprint density at radius 1 is 1.44 bits per heavy atom. The molecule has 0 N–H and O–H groups in total. The molecule has 84 valence electrons. The smallest absolute Gasteiger partial charge is 0.251 e. The monoisotopic (exact) mass is 236 g/mol. The van der Waals surface area contributed by atoms with E-state index in [0.717, 1.165) is 11.3 Å². The Labute approximate surface area is 99.7 Å². The standard InChI is InChI=1S/C12H13ClN2O/c1-8-9(2)14-15(12(8)16)7-10-5-3-4-6-11(10)13/h3-6,8H,7H2,1-2H3. The van der Waals surface area contributed by atoms with Gasteiger partial charge in [0.05, 0.1) is 12.5 Å². The van der Waals surface area contributed by atoms with Crippen LogP contribution in [0.5, 0.6) is 0 Å². The zero-order chi connectivity index (χ0) is 11.7. The van der Waals surface area contributed by atoms with E-state index in [9.17, 15) is 4.79 Å². The summed E-state index contributed by atoms with van der Waals surface area (Å²) in [6.07, 6.45) is 0. The molecule has 4 heteroatoms. The lowest BCUT2D eigenvalue weighted by molar-refractivity contribution is -0.131. The quantitative estimate of drug-likeness (QED) is 0.777. The molecule has 1 aromatic carbocycles. The first-order valence-electron chi connectivity index (χ1n) is 5.19. The van der Waals surface area contributed by atoms with Gasteiger partial charge >= 0.3 is 0 Å². The van der Waals surface area contributed by atoms with Gasteiger partial charge in [0.1, 0.15) is 0 Å². The van der Waals surface area contributed by atoms with Crippen molar-refractivity contribution < 1.29 is 4.79 Å². The van der Waals surface area contributed by atoms with Crippen molar-refractivity contribution in [3.05, 3.63) is 34.9 Å². The molecule has 0 aromatic heterocycles. The number of halogens is 1. The maximum absolute atomic E-state index is 11.8. The van der Waals surface area contributed by atoms with Crippen molar-refractivity contribution in [1.29, 1.82) is 0 Å². The summed E-state index contributed by atoms with van der Waals surface area (Å²) in [5.41, 5.74) is 1.78. The van der Waals surface area contributed by atoms with Crippen LogP contribution in [0.15, 0.2) is 29.4 Å².